The van der Waals surface area contributed by atoms with Crippen molar-refractivity contribution in [3.05, 3.63) is 0 Å². The lowest BCUT2D eigenvalue weighted by atomic mass is 9.84. The molecule has 0 aromatic rings. The molecule has 0 heterocycles. The average Bonchev–Trinajstić information content (AvgIpc) is 2.34. The Morgan fingerprint density at radius 1 is 1.12 bits per heavy atom. The average molecular weight is 227 g/mol. The molecule has 2 heteroatoms. The van der Waals surface area contributed by atoms with Gasteiger partial charge in [0, 0.05) is 19.8 Å². The quantitative estimate of drug-likeness (QED) is 0.642. The number of ether oxygens (including phenoxy) is 1. The van der Waals surface area contributed by atoms with Crippen molar-refractivity contribution in [1.82, 2.24) is 5.32 Å². The van der Waals surface area contributed by atoms with Gasteiger partial charge in [-0.05, 0) is 51.5 Å². The summed E-state index contributed by atoms with van der Waals surface area (Å²) in [5.41, 5.74) is 0. The molecule has 0 aromatic carbocycles. The van der Waals surface area contributed by atoms with Gasteiger partial charge in [-0.15, -0.1) is 0 Å². The highest BCUT2D eigenvalue weighted by Gasteiger charge is 2.18. The number of nitrogens with one attached hydrogen (secondary N) is 1. The van der Waals surface area contributed by atoms with Gasteiger partial charge in [-0.25, -0.2) is 0 Å². The molecule has 0 saturated heterocycles. The number of rotatable bonds is 8. The third-order valence-corrected chi connectivity index (χ3v) is 3.85. The molecule has 1 N–H and O–H groups in total. The van der Waals surface area contributed by atoms with Crippen LogP contribution in [0.3, 0.4) is 0 Å². The number of hydrogen-bond acceptors (Lipinski definition) is 2. The summed E-state index contributed by atoms with van der Waals surface area (Å²) in [6.07, 6.45) is 11.0. The maximum atomic E-state index is 5.04. The van der Waals surface area contributed by atoms with Gasteiger partial charge in [-0.1, -0.05) is 19.3 Å². The van der Waals surface area contributed by atoms with Crippen LogP contribution in [0.4, 0.5) is 0 Å². The minimum absolute atomic E-state index is 0.725. The van der Waals surface area contributed by atoms with Crippen LogP contribution >= 0.6 is 0 Å². The molecule has 1 atom stereocenters. The van der Waals surface area contributed by atoms with Crippen LogP contribution in [0.2, 0.25) is 0 Å². The SMILES string of the molecule is COCCCCCNC(C)C1CCCCC1. The lowest BCUT2D eigenvalue weighted by molar-refractivity contribution is 0.191. The molecule has 1 unspecified atom stereocenters. The van der Waals surface area contributed by atoms with Crippen LogP contribution in [0.5, 0.6) is 0 Å². The van der Waals surface area contributed by atoms with Crippen LogP contribution < -0.4 is 5.32 Å². The van der Waals surface area contributed by atoms with Crippen molar-refractivity contribution in [2.24, 2.45) is 5.92 Å². The van der Waals surface area contributed by atoms with Crippen LogP contribution in [0.1, 0.15) is 58.3 Å². The smallest absolute Gasteiger partial charge is 0.0462 e. The first-order chi connectivity index (χ1) is 7.84. The molecule has 96 valence electrons. The van der Waals surface area contributed by atoms with Gasteiger partial charge in [0.25, 0.3) is 0 Å². The van der Waals surface area contributed by atoms with Crippen LogP contribution in [-0.4, -0.2) is 26.3 Å². The zero-order valence-electron chi connectivity index (χ0n) is 11.1. The molecule has 1 rings (SSSR count). The van der Waals surface area contributed by atoms with E-state index in [-0.39, 0.29) is 0 Å². The molecule has 1 aliphatic carbocycles. The second kappa shape index (κ2) is 9.00. The normalized spacial score (nSPS) is 19.9. The van der Waals surface area contributed by atoms with Gasteiger partial charge in [0.1, 0.15) is 0 Å². The Balaban J connectivity index is 1.94. The van der Waals surface area contributed by atoms with Gasteiger partial charge >= 0.3 is 0 Å². The van der Waals surface area contributed by atoms with E-state index in [1.54, 1.807) is 7.11 Å². The first-order valence-corrected chi connectivity index (χ1v) is 7.07. The third-order valence-electron chi connectivity index (χ3n) is 3.85. The highest BCUT2D eigenvalue weighted by atomic mass is 16.5. The van der Waals surface area contributed by atoms with Crippen molar-refractivity contribution in [2.75, 3.05) is 20.3 Å². The lowest BCUT2D eigenvalue weighted by Crippen LogP contribution is -2.35. The molecule has 2 nitrogen and oxygen atoms in total. The molecular weight excluding hydrogens is 198 g/mol. The summed E-state index contributed by atoms with van der Waals surface area (Å²) >= 11 is 0. The van der Waals surface area contributed by atoms with E-state index in [9.17, 15) is 0 Å². The van der Waals surface area contributed by atoms with Crippen molar-refractivity contribution in [3.8, 4) is 0 Å². The fraction of sp³-hybridized carbons (Fsp3) is 1.00. The van der Waals surface area contributed by atoms with Crippen LogP contribution in [0, 0.1) is 5.92 Å². The van der Waals surface area contributed by atoms with E-state index in [2.05, 4.69) is 12.2 Å². The molecular formula is C14H29NO. The third kappa shape index (κ3) is 5.86. The Kier molecular flexibility index (Phi) is 7.87. The Morgan fingerprint density at radius 3 is 2.56 bits per heavy atom. The molecule has 1 saturated carbocycles. The summed E-state index contributed by atoms with van der Waals surface area (Å²) in [5.74, 6) is 0.938. The van der Waals surface area contributed by atoms with Crippen molar-refractivity contribution in [1.29, 1.82) is 0 Å². The van der Waals surface area contributed by atoms with Gasteiger partial charge in [0.2, 0.25) is 0 Å². The molecule has 0 bridgehead atoms. The Bertz CT molecular complexity index is 155. The molecule has 0 aliphatic heterocycles. The standard InChI is InChI=1S/C14H29NO/c1-13(14-9-5-3-6-10-14)15-11-7-4-8-12-16-2/h13-15H,3-12H2,1-2H3. The number of unbranched alkanes of at least 4 members (excludes halogenated alkanes) is 2. The maximum absolute atomic E-state index is 5.04. The summed E-state index contributed by atoms with van der Waals surface area (Å²) in [6.45, 7) is 4.46. The topological polar surface area (TPSA) is 21.3 Å². The lowest BCUT2D eigenvalue weighted by Gasteiger charge is -2.28. The Labute approximate surface area is 101 Å². The summed E-state index contributed by atoms with van der Waals surface area (Å²) in [4.78, 5) is 0. The van der Waals surface area contributed by atoms with Crippen LogP contribution in [0.15, 0.2) is 0 Å². The Morgan fingerprint density at radius 2 is 1.88 bits per heavy atom. The summed E-state index contributed by atoms with van der Waals surface area (Å²) in [6, 6.07) is 0.725. The van der Waals surface area contributed by atoms with E-state index < -0.39 is 0 Å². The van der Waals surface area contributed by atoms with Gasteiger partial charge in [-0.2, -0.15) is 0 Å². The zero-order valence-corrected chi connectivity index (χ0v) is 11.1. The van der Waals surface area contributed by atoms with Gasteiger partial charge in [0.15, 0.2) is 0 Å². The largest absolute Gasteiger partial charge is 0.385 e. The predicted molar refractivity (Wildman–Crippen MR) is 69.8 cm³/mol. The van der Waals surface area contributed by atoms with Crippen molar-refractivity contribution in [2.45, 2.75) is 64.3 Å². The van der Waals surface area contributed by atoms with Crippen LogP contribution in [-0.2, 0) is 4.74 Å². The highest BCUT2D eigenvalue weighted by molar-refractivity contribution is 4.75. The predicted octanol–water partition coefficient (Wildman–Crippen LogP) is 3.36. The molecule has 1 fully saturated rings. The van der Waals surface area contributed by atoms with Gasteiger partial charge in [0.05, 0.1) is 0 Å². The zero-order chi connectivity index (χ0) is 11.6. The van der Waals surface area contributed by atoms with Gasteiger partial charge in [-0.3, -0.25) is 0 Å². The molecule has 0 spiro atoms. The first-order valence-electron chi connectivity index (χ1n) is 7.07. The van der Waals surface area contributed by atoms with Crippen molar-refractivity contribution < 1.29 is 4.74 Å². The molecule has 16 heavy (non-hydrogen) atoms. The summed E-state index contributed by atoms with van der Waals surface area (Å²) < 4.78 is 5.04. The molecule has 0 amide bonds. The van der Waals surface area contributed by atoms with Crippen molar-refractivity contribution >= 4 is 0 Å². The minimum atomic E-state index is 0.725. The molecule has 1 aliphatic rings. The second-order valence-electron chi connectivity index (χ2n) is 5.19. The van der Waals surface area contributed by atoms with E-state index in [1.165, 1.54) is 57.9 Å². The molecule has 0 aromatic heterocycles. The number of methoxy groups -OCH3 is 1. The Hall–Kier alpha value is -0.0800. The fourth-order valence-corrected chi connectivity index (χ4v) is 2.68. The van der Waals surface area contributed by atoms with E-state index in [0.29, 0.717) is 0 Å². The van der Waals surface area contributed by atoms with E-state index in [0.717, 1.165) is 18.6 Å². The van der Waals surface area contributed by atoms with Crippen LogP contribution in [0.25, 0.3) is 0 Å². The van der Waals surface area contributed by atoms with E-state index >= 15 is 0 Å². The second-order valence-corrected chi connectivity index (χ2v) is 5.19. The van der Waals surface area contributed by atoms with E-state index in [1.807, 2.05) is 0 Å². The monoisotopic (exact) mass is 227 g/mol. The highest BCUT2D eigenvalue weighted by Crippen LogP contribution is 2.26. The maximum Gasteiger partial charge on any atom is 0.0462 e. The number of hydrogen-bond donors (Lipinski definition) is 1. The van der Waals surface area contributed by atoms with E-state index in [4.69, 9.17) is 4.74 Å². The van der Waals surface area contributed by atoms with Gasteiger partial charge < -0.3 is 10.1 Å². The molecule has 0 radical (unpaired) electrons. The summed E-state index contributed by atoms with van der Waals surface area (Å²) in [7, 11) is 1.78. The first kappa shape index (κ1) is 14.0. The minimum Gasteiger partial charge on any atom is -0.385 e. The van der Waals surface area contributed by atoms with Crippen molar-refractivity contribution in [3.63, 3.8) is 0 Å². The fourth-order valence-electron chi connectivity index (χ4n) is 2.68. The summed E-state index contributed by atoms with van der Waals surface area (Å²) in [5, 5.41) is 3.69.